The maximum Gasteiger partial charge on any atom is 0.315 e. The zero-order valence-corrected chi connectivity index (χ0v) is 18.0. The van der Waals surface area contributed by atoms with Crippen molar-refractivity contribution in [2.75, 3.05) is 0 Å². The van der Waals surface area contributed by atoms with E-state index in [2.05, 4.69) is 67.8 Å². The minimum Gasteiger partial charge on any atom is -0.459 e. The zero-order chi connectivity index (χ0) is 16.5. The molecular formula is C15H11I3O5. The first-order valence-electron chi connectivity index (χ1n) is 7.13. The Bertz CT molecular complexity index is 698. The van der Waals surface area contributed by atoms with Crippen molar-refractivity contribution in [2.24, 2.45) is 23.7 Å². The second-order valence-corrected chi connectivity index (χ2v) is 9.70. The first kappa shape index (κ1) is 16.8. The Morgan fingerprint density at radius 1 is 1.22 bits per heavy atom. The van der Waals surface area contributed by atoms with Crippen LogP contribution < -0.4 is 4.74 Å². The van der Waals surface area contributed by atoms with Crippen molar-refractivity contribution in [3.8, 4) is 5.75 Å². The Morgan fingerprint density at radius 3 is 2.52 bits per heavy atom. The summed E-state index contributed by atoms with van der Waals surface area (Å²) in [4.78, 5) is 24.8. The summed E-state index contributed by atoms with van der Waals surface area (Å²) >= 11 is 6.48. The number of rotatable bonds is 2. The number of benzene rings is 1. The highest BCUT2D eigenvalue weighted by Crippen LogP contribution is 2.58. The molecule has 0 radical (unpaired) electrons. The Balaban J connectivity index is 1.62. The molecule has 1 aromatic carbocycles. The highest BCUT2D eigenvalue weighted by atomic mass is 127. The highest BCUT2D eigenvalue weighted by Gasteiger charge is 2.68. The second kappa shape index (κ2) is 5.94. The maximum absolute atomic E-state index is 12.7. The molecule has 1 aromatic rings. The lowest BCUT2D eigenvalue weighted by Crippen LogP contribution is -2.42. The average Bonchev–Trinajstić information content (AvgIpc) is 3.06. The maximum atomic E-state index is 12.7. The van der Waals surface area contributed by atoms with E-state index in [0.717, 1.165) is 10.7 Å². The Hall–Kier alpha value is 0.310. The van der Waals surface area contributed by atoms with Crippen LogP contribution in [0.5, 0.6) is 5.75 Å². The molecule has 1 N–H and O–H groups in total. The molecule has 4 rings (SSSR count). The quantitative estimate of drug-likeness (QED) is 0.303. The predicted molar refractivity (Wildman–Crippen MR) is 105 cm³/mol. The van der Waals surface area contributed by atoms with Crippen LogP contribution in [0, 0.1) is 34.4 Å². The predicted octanol–water partition coefficient (Wildman–Crippen LogP) is 2.57. The topological polar surface area (TPSA) is 72.8 Å². The van der Waals surface area contributed by atoms with Gasteiger partial charge < -0.3 is 14.6 Å². The van der Waals surface area contributed by atoms with Crippen LogP contribution in [0.15, 0.2) is 12.1 Å². The number of aliphatic hydroxyl groups excluding tert-OH is 1. The van der Waals surface area contributed by atoms with E-state index in [1.165, 1.54) is 0 Å². The number of hydrogen-bond donors (Lipinski definition) is 1. The van der Waals surface area contributed by atoms with Gasteiger partial charge in [-0.25, -0.2) is 0 Å². The van der Waals surface area contributed by atoms with Gasteiger partial charge in [0.05, 0.1) is 25.1 Å². The van der Waals surface area contributed by atoms with E-state index in [1.807, 2.05) is 12.1 Å². The van der Waals surface area contributed by atoms with Gasteiger partial charge in [0.2, 0.25) is 0 Å². The summed E-state index contributed by atoms with van der Waals surface area (Å²) in [5.74, 6) is -1.63. The molecule has 6 unspecified atom stereocenters. The van der Waals surface area contributed by atoms with Crippen molar-refractivity contribution < 1.29 is 24.2 Å². The smallest absolute Gasteiger partial charge is 0.315 e. The van der Waals surface area contributed by atoms with Crippen molar-refractivity contribution in [3.63, 3.8) is 0 Å². The van der Waals surface area contributed by atoms with E-state index >= 15 is 0 Å². The van der Waals surface area contributed by atoms with E-state index in [4.69, 9.17) is 9.47 Å². The lowest BCUT2D eigenvalue weighted by atomic mass is 9.78. The monoisotopic (exact) mass is 652 g/mol. The van der Waals surface area contributed by atoms with E-state index in [9.17, 15) is 14.7 Å². The van der Waals surface area contributed by atoms with Gasteiger partial charge in [-0.05, 0) is 86.3 Å². The van der Waals surface area contributed by atoms with Crippen LogP contribution in [0.3, 0.4) is 0 Å². The summed E-state index contributed by atoms with van der Waals surface area (Å²) in [5, 5.41) is 10.3. The summed E-state index contributed by atoms with van der Waals surface area (Å²) in [6, 6.07) is 3.86. The van der Waals surface area contributed by atoms with Crippen LogP contribution in [-0.4, -0.2) is 29.3 Å². The highest BCUT2D eigenvalue weighted by molar-refractivity contribution is 14.1. The van der Waals surface area contributed by atoms with Crippen LogP contribution in [0.4, 0.5) is 0 Å². The molecule has 0 spiro atoms. The number of halogens is 3. The third kappa shape index (κ3) is 2.53. The third-order valence-electron chi connectivity index (χ3n) is 5.01. The molecule has 1 saturated heterocycles. The first-order valence-corrected chi connectivity index (χ1v) is 10.4. The minimum absolute atomic E-state index is 0.0464. The van der Waals surface area contributed by atoms with Crippen molar-refractivity contribution in [1.82, 2.24) is 0 Å². The molecule has 3 aliphatic rings. The van der Waals surface area contributed by atoms with Crippen LogP contribution in [0.25, 0.3) is 0 Å². The number of carbonyl (C=O) groups is 2. The van der Waals surface area contributed by atoms with Crippen molar-refractivity contribution in [2.45, 2.75) is 18.6 Å². The number of aliphatic hydroxyl groups is 1. The molecule has 2 aliphatic carbocycles. The van der Waals surface area contributed by atoms with Crippen molar-refractivity contribution >= 4 is 79.7 Å². The van der Waals surface area contributed by atoms with Gasteiger partial charge in [-0.2, -0.15) is 0 Å². The van der Waals surface area contributed by atoms with Gasteiger partial charge >= 0.3 is 11.9 Å². The van der Waals surface area contributed by atoms with Crippen LogP contribution in [0.2, 0.25) is 0 Å². The summed E-state index contributed by atoms with van der Waals surface area (Å²) in [7, 11) is 0. The molecule has 5 nitrogen and oxygen atoms in total. The Labute approximate surface area is 173 Å². The molecule has 0 amide bonds. The Morgan fingerprint density at radius 2 is 1.87 bits per heavy atom. The fourth-order valence-corrected chi connectivity index (χ4v) is 7.94. The normalized spacial score (nSPS) is 37.1. The fraction of sp³-hybridized carbons (Fsp3) is 0.467. The van der Waals surface area contributed by atoms with Gasteiger partial charge in [-0.1, -0.05) is 0 Å². The van der Waals surface area contributed by atoms with E-state index in [0.29, 0.717) is 12.2 Å². The summed E-state index contributed by atoms with van der Waals surface area (Å²) in [5.41, 5.74) is 0. The number of esters is 2. The molecule has 1 aliphatic heterocycles. The lowest BCUT2D eigenvalue weighted by molar-refractivity contribution is -0.149. The van der Waals surface area contributed by atoms with Gasteiger partial charge in [-0.3, -0.25) is 9.59 Å². The zero-order valence-electron chi connectivity index (χ0n) is 11.5. The molecule has 0 aromatic heterocycles. The van der Waals surface area contributed by atoms with Crippen molar-refractivity contribution in [1.29, 1.82) is 0 Å². The van der Waals surface area contributed by atoms with E-state index in [1.54, 1.807) is 0 Å². The minimum atomic E-state index is -0.755. The summed E-state index contributed by atoms with van der Waals surface area (Å²) < 4.78 is 13.6. The van der Waals surface area contributed by atoms with Gasteiger partial charge in [-0.15, -0.1) is 0 Å². The van der Waals surface area contributed by atoms with Crippen LogP contribution in [-0.2, 0) is 14.3 Å². The molecule has 23 heavy (non-hydrogen) atoms. The van der Waals surface area contributed by atoms with Gasteiger partial charge in [0.15, 0.2) is 5.75 Å². The van der Waals surface area contributed by atoms with Gasteiger partial charge in [0.25, 0.3) is 0 Å². The van der Waals surface area contributed by atoms with E-state index in [-0.39, 0.29) is 17.8 Å². The van der Waals surface area contributed by atoms with Crippen LogP contribution >= 0.6 is 67.8 Å². The lowest BCUT2D eigenvalue weighted by Gasteiger charge is -2.27. The third-order valence-corrected chi connectivity index (χ3v) is 7.24. The number of ether oxygens (including phenoxy) is 2. The largest absolute Gasteiger partial charge is 0.459 e. The van der Waals surface area contributed by atoms with Crippen LogP contribution in [0.1, 0.15) is 6.42 Å². The fourth-order valence-electron chi connectivity index (χ4n) is 4.14. The first-order chi connectivity index (χ1) is 10.9. The number of carbonyl (C=O) groups excluding carboxylic acids is 2. The average molecular weight is 652 g/mol. The SMILES string of the molecule is O=C(Oc1c(I)cc(I)cc1I)C1C2CC3C(OC(=O)C31)C2O. The molecule has 122 valence electrons. The van der Waals surface area contributed by atoms with E-state index < -0.39 is 30.0 Å². The standard InChI is InChI=1S/C15H11I3O5/c16-4-1-7(17)13(8(18)2-4)23-14(20)9-5-3-6-10(9)15(21)22-12(6)11(5)19/h1-2,5-6,9-12,19H,3H2. The molecular weight excluding hydrogens is 641 g/mol. The van der Waals surface area contributed by atoms with Gasteiger partial charge in [0.1, 0.15) is 6.10 Å². The Kier molecular flexibility index (Phi) is 4.33. The number of hydrogen-bond acceptors (Lipinski definition) is 5. The number of fused-ring (bicyclic) bond motifs is 1. The molecule has 3 fully saturated rings. The summed E-state index contributed by atoms with van der Waals surface area (Å²) in [6.07, 6.45) is -0.529. The second-order valence-electron chi connectivity index (χ2n) is 6.13. The molecule has 2 saturated carbocycles. The van der Waals surface area contributed by atoms with Crippen molar-refractivity contribution in [3.05, 3.63) is 22.8 Å². The molecule has 6 atom stereocenters. The molecule has 2 bridgehead atoms. The molecule has 1 heterocycles. The van der Waals surface area contributed by atoms with Gasteiger partial charge in [0, 0.05) is 15.4 Å². The summed E-state index contributed by atoms with van der Waals surface area (Å²) in [6.45, 7) is 0. The molecule has 8 heteroatoms.